The summed E-state index contributed by atoms with van der Waals surface area (Å²) in [4.78, 5) is 28.5. The lowest BCUT2D eigenvalue weighted by Crippen LogP contribution is -2.47. The van der Waals surface area contributed by atoms with E-state index in [1.807, 2.05) is 37.3 Å². The second-order valence-corrected chi connectivity index (χ2v) is 7.08. The Morgan fingerprint density at radius 1 is 1.17 bits per heavy atom. The summed E-state index contributed by atoms with van der Waals surface area (Å²) in [5.74, 6) is -0.654. The highest BCUT2D eigenvalue weighted by molar-refractivity contribution is 5.86. The number of aliphatic hydroxyl groups excluding tert-OH is 1. The Kier molecular flexibility index (Phi) is 6.82. The van der Waals surface area contributed by atoms with Gasteiger partial charge in [-0.3, -0.25) is 9.69 Å². The molecule has 1 aliphatic heterocycles. The van der Waals surface area contributed by atoms with Gasteiger partial charge in [0.2, 0.25) is 5.91 Å². The first-order valence-corrected chi connectivity index (χ1v) is 9.66. The Labute approximate surface area is 169 Å². The molecular formula is C22H25FN2O4. The van der Waals surface area contributed by atoms with Crippen LogP contribution in [0.1, 0.15) is 24.5 Å². The third-order valence-corrected chi connectivity index (χ3v) is 4.96. The smallest absolute Gasteiger partial charge is 0.410 e. The van der Waals surface area contributed by atoms with E-state index in [4.69, 9.17) is 4.74 Å². The third kappa shape index (κ3) is 5.32. The third-order valence-electron chi connectivity index (χ3n) is 4.96. The number of hydrogen-bond acceptors (Lipinski definition) is 4. The summed E-state index contributed by atoms with van der Waals surface area (Å²) in [6.07, 6.45) is -1.27. The fourth-order valence-corrected chi connectivity index (χ4v) is 3.46. The van der Waals surface area contributed by atoms with Crippen LogP contribution in [0, 0.1) is 5.82 Å². The zero-order valence-corrected chi connectivity index (χ0v) is 16.3. The maximum Gasteiger partial charge on any atom is 0.410 e. The molecule has 0 saturated carbocycles. The summed E-state index contributed by atoms with van der Waals surface area (Å²) in [5, 5.41) is 10.1. The van der Waals surface area contributed by atoms with Gasteiger partial charge in [0.25, 0.3) is 0 Å². The summed E-state index contributed by atoms with van der Waals surface area (Å²) in [6.45, 7) is 2.58. The highest BCUT2D eigenvalue weighted by Crippen LogP contribution is 2.22. The molecule has 1 saturated heterocycles. The summed E-state index contributed by atoms with van der Waals surface area (Å²) < 4.78 is 18.8. The molecule has 154 valence electrons. The number of likely N-dealkylation sites (tertiary alicyclic amines) is 1. The molecule has 7 heteroatoms. The van der Waals surface area contributed by atoms with Gasteiger partial charge in [0.05, 0.1) is 12.6 Å². The molecule has 0 spiro atoms. The van der Waals surface area contributed by atoms with Crippen molar-refractivity contribution in [3.8, 4) is 0 Å². The molecule has 0 aromatic heterocycles. The van der Waals surface area contributed by atoms with E-state index in [2.05, 4.69) is 0 Å². The highest BCUT2D eigenvalue weighted by Gasteiger charge is 2.41. The van der Waals surface area contributed by atoms with E-state index in [-0.39, 0.29) is 37.8 Å². The van der Waals surface area contributed by atoms with Gasteiger partial charge in [0.15, 0.2) is 0 Å². The van der Waals surface area contributed by atoms with Crippen LogP contribution in [-0.2, 0) is 22.7 Å². The second kappa shape index (κ2) is 9.52. The summed E-state index contributed by atoms with van der Waals surface area (Å²) in [5.41, 5.74) is 1.50. The van der Waals surface area contributed by atoms with E-state index >= 15 is 0 Å². The summed E-state index contributed by atoms with van der Waals surface area (Å²) in [6, 6.07) is 14.5. The topological polar surface area (TPSA) is 70.1 Å². The van der Waals surface area contributed by atoms with Crippen molar-refractivity contribution in [3.05, 3.63) is 71.5 Å². The van der Waals surface area contributed by atoms with Crippen LogP contribution in [0.5, 0.6) is 0 Å². The number of aliphatic hydroxyl groups is 1. The number of carbonyl (C=O) groups is 2. The van der Waals surface area contributed by atoms with Crippen LogP contribution >= 0.6 is 0 Å². The van der Waals surface area contributed by atoms with Gasteiger partial charge in [-0.05, 0) is 30.2 Å². The molecule has 0 bridgehead atoms. The van der Waals surface area contributed by atoms with Gasteiger partial charge in [0.1, 0.15) is 18.5 Å². The average Bonchev–Trinajstić information content (AvgIpc) is 3.12. The first-order chi connectivity index (χ1) is 14.0. The van der Waals surface area contributed by atoms with Crippen LogP contribution in [0.15, 0.2) is 54.6 Å². The van der Waals surface area contributed by atoms with Crippen molar-refractivity contribution in [3.63, 3.8) is 0 Å². The summed E-state index contributed by atoms with van der Waals surface area (Å²) in [7, 11) is 0. The van der Waals surface area contributed by atoms with E-state index in [1.165, 1.54) is 17.0 Å². The predicted octanol–water partition coefficient (Wildman–Crippen LogP) is 2.95. The Morgan fingerprint density at radius 3 is 2.59 bits per heavy atom. The van der Waals surface area contributed by atoms with Gasteiger partial charge in [0, 0.05) is 19.5 Å². The quantitative estimate of drug-likeness (QED) is 0.810. The Balaban J connectivity index is 1.67. The molecular weight excluding hydrogens is 375 g/mol. The fourth-order valence-electron chi connectivity index (χ4n) is 3.46. The Bertz CT molecular complexity index is 846. The molecule has 1 fully saturated rings. The Morgan fingerprint density at radius 2 is 1.90 bits per heavy atom. The van der Waals surface area contributed by atoms with E-state index in [0.29, 0.717) is 12.1 Å². The van der Waals surface area contributed by atoms with Crippen LogP contribution < -0.4 is 0 Å². The molecule has 1 aliphatic rings. The lowest BCUT2D eigenvalue weighted by Gasteiger charge is -2.29. The van der Waals surface area contributed by atoms with Crippen molar-refractivity contribution in [2.24, 2.45) is 0 Å². The number of amides is 2. The number of ether oxygens (including phenoxy) is 1. The van der Waals surface area contributed by atoms with Gasteiger partial charge >= 0.3 is 6.09 Å². The molecule has 1 heterocycles. The van der Waals surface area contributed by atoms with Crippen molar-refractivity contribution in [2.45, 2.75) is 38.6 Å². The van der Waals surface area contributed by atoms with E-state index in [0.717, 1.165) is 5.56 Å². The molecule has 2 aromatic carbocycles. The first-order valence-electron chi connectivity index (χ1n) is 9.66. The van der Waals surface area contributed by atoms with Crippen LogP contribution in [0.3, 0.4) is 0 Å². The zero-order valence-electron chi connectivity index (χ0n) is 16.3. The monoisotopic (exact) mass is 400 g/mol. The van der Waals surface area contributed by atoms with Gasteiger partial charge in [-0.15, -0.1) is 0 Å². The lowest BCUT2D eigenvalue weighted by molar-refractivity contribution is -0.136. The van der Waals surface area contributed by atoms with Gasteiger partial charge in [-0.1, -0.05) is 42.5 Å². The van der Waals surface area contributed by atoms with Crippen molar-refractivity contribution < 1.29 is 23.8 Å². The maximum absolute atomic E-state index is 13.5. The molecule has 0 unspecified atom stereocenters. The lowest BCUT2D eigenvalue weighted by atomic mass is 10.1. The highest BCUT2D eigenvalue weighted by atomic mass is 19.1. The van der Waals surface area contributed by atoms with Crippen LogP contribution in [-0.4, -0.2) is 52.1 Å². The Hall–Kier alpha value is -2.93. The first kappa shape index (κ1) is 20.8. The maximum atomic E-state index is 13.5. The van der Waals surface area contributed by atoms with Crippen LogP contribution in [0.2, 0.25) is 0 Å². The van der Waals surface area contributed by atoms with Crippen molar-refractivity contribution in [1.29, 1.82) is 0 Å². The largest absolute Gasteiger partial charge is 0.445 e. The minimum atomic E-state index is -0.804. The minimum Gasteiger partial charge on any atom is -0.445 e. The molecule has 2 atom stereocenters. The number of likely N-dealkylation sites (N-methyl/N-ethyl adjacent to an activating group) is 1. The standard InChI is InChI=1S/C22H25FN2O4/c1-2-24(13-17-9-6-10-18(23)11-17)21(27)20-12-19(26)14-25(20)22(28)29-15-16-7-4-3-5-8-16/h3-11,19-20,26H,2,12-15H2,1H3/t19-,20+/m0/s1. The van der Waals surface area contributed by atoms with Crippen molar-refractivity contribution in [2.75, 3.05) is 13.1 Å². The SMILES string of the molecule is CCN(Cc1cccc(F)c1)C(=O)[C@H]1C[C@H](O)CN1C(=O)OCc1ccccc1. The van der Waals surface area contributed by atoms with Gasteiger partial charge in [-0.2, -0.15) is 0 Å². The molecule has 6 nitrogen and oxygen atoms in total. The number of hydrogen-bond donors (Lipinski definition) is 1. The predicted molar refractivity (Wildman–Crippen MR) is 105 cm³/mol. The van der Waals surface area contributed by atoms with E-state index < -0.39 is 18.2 Å². The van der Waals surface area contributed by atoms with Crippen molar-refractivity contribution in [1.82, 2.24) is 9.80 Å². The average molecular weight is 400 g/mol. The second-order valence-electron chi connectivity index (χ2n) is 7.08. The molecule has 2 amide bonds. The molecule has 1 N–H and O–H groups in total. The number of nitrogens with zero attached hydrogens (tertiary/aromatic N) is 2. The molecule has 2 aromatic rings. The fraction of sp³-hybridized carbons (Fsp3) is 0.364. The zero-order chi connectivity index (χ0) is 20.8. The molecule has 3 rings (SSSR count). The molecule has 0 radical (unpaired) electrons. The number of β-amino-alcohol motifs (C(OH)–C–C–N with tert-alkyl or cyclic N) is 1. The molecule has 0 aliphatic carbocycles. The number of carbonyl (C=O) groups excluding carboxylic acids is 2. The normalized spacial score (nSPS) is 18.5. The van der Waals surface area contributed by atoms with E-state index in [9.17, 15) is 19.1 Å². The van der Waals surface area contributed by atoms with E-state index in [1.54, 1.807) is 17.0 Å². The number of benzene rings is 2. The van der Waals surface area contributed by atoms with Crippen LogP contribution in [0.4, 0.5) is 9.18 Å². The number of rotatable bonds is 6. The minimum absolute atomic E-state index is 0.0432. The van der Waals surface area contributed by atoms with Crippen LogP contribution in [0.25, 0.3) is 0 Å². The van der Waals surface area contributed by atoms with Gasteiger partial charge < -0.3 is 14.7 Å². The summed E-state index contributed by atoms with van der Waals surface area (Å²) >= 11 is 0. The van der Waals surface area contributed by atoms with Crippen molar-refractivity contribution >= 4 is 12.0 Å². The van der Waals surface area contributed by atoms with Gasteiger partial charge in [-0.25, -0.2) is 9.18 Å². The number of halogens is 1. The molecule has 29 heavy (non-hydrogen) atoms.